The topological polar surface area (TPSA) is 209 Å². The number of anilines is 3. The predicted octanol–water partition coefficient (Wildman–Crippen LogP) is 2.44. The third kappa shape index (κ3) is 9.65. The average molecular weight is 828 g/mol. The zero-order valence-electron chi connectivity index (χ0n) is 34.0. The Morgan fingerprint density at radius 2 is 1.63 bits per heavy atom. The second-order valence-electron chi connectivity index (χ2n) is 15.5. The number of morpholine rings is 1. The van der Waals surface area contributed by atoms with E-state index in [9.17, 15) is 19.2 Å². The monoisotopic (exact) mass is 827 g/mol. The molecule has 4 aromatic rings. The van der Waals surface area contributed by atoms with Crippen molar-refractivity contribution < 1.29 is 38.1 Å². The second kappa shape index (κ2) is 19.4. The molecule has 320 valence electrons. The van der Waals surface area contributed by atoms with E-state index in [-0.39, 0.29) is 18.4 Å². The Hall–Kier alpha value is -5.34. The van der Waals surface area contributed by atoms with E-state index in [0.717, 1.165) is 85.0 Å². The maximum atomic E-state index is 13.3. The van der Waals surface area contributed by atoms with E-state index in [1.807, 2.05) is 24.0 Å². The van der Waals surface area contributed by atoms with Gasteiger partial charge in [0.05, 0.1) is 82.0 Å². The molecule has 6 heterocycles. The number of aryl methyl sites for hydroxylation is 2. The zero-order chi connectivity index (χ0) is 41.4. The number of hydrogen-bond acceptors (Lipinski definition) is 15. The lowest BCUT2D eigenvalue weighted by Crippen LogP contribution is -2.54. The van der Waals surface area contributed by atoms with Gasteiger partial charge in [-0.05, 0) is 56.6 Å². The molecule has 3 aliphatic heterocycles. The number of hydrogen-bond donors (Lipinski definition) is 3. The van der Waals surface area contributed by atoms with Crippen LogP contribution in [0.5, 0.6) is 0 Å². The Kier molecular flexibility index (Phi) is 13.4. The SMILES string of the molecule is Cn1ncc2nc(Nc3cnn(CCOCCOCCOCCCc4cccc5c4C(=O)N(C4CCC(=O)NC4=O)C5=O)c3)nc(NC3CCC(N4CCOCC4)CC3)c21. The van der Waals surface area contributed by atoms with Crippen molar-refractivity contribution in [3.05, 3.63) is 53.5 Å². The molecule has 1 aromatic carbocycles. The van der Waals surface area contributed by atoms with Crippen LogP contribution in [0.25, 0.3) is 11.0 Å². The number of fused-ring (bicyclic) bond motifs is 2. The molecule has 0 spiro atoms. The molecule has 8 rings (SSSR count). The number of imide groups is 2. The summed E-state index contributed by atoms with van der Waals surface area (Å²) in [6.45, 7) is 6.84. The standard InChI is InChI=1S/C41H53N11O8/c1-49-36-32(25-42-49)46-41(48-37(36)44-28-7-9-30(10-8-28)50-13-17-58-18-14-50)45-29-24-43-51(26-29)15-19-59-21-23-60-22-20-57-16-3-5-27-4-2-6-31-35(27)40(56)52(39(31)55)33-11-12-34(53)47-38(33)54/h2,4,6,24-26,28,30,33H,3,5,7-23H2,1H3,(H,47,53,54)(H2,44,45,46,48). The lowest BCUT2D eigenvalue weighted by atomic mass is 9.90. The molecule has 2 saturated heterocycles. The molecule has 1 saturated carbocycles. The first-order chi connectivity index (χ1) is 29.3. The van der Waals surface area contributed by atoms with Gasteiger partial charge < -0.3 is 29.6 Å². The molecule has 4 amide bonds. The van der Waals surface area contributed by atoms with E-state index in [2.05, 4.69) is 31.0 Å². The molecule has 3 N–H and O–H groups in total. The number of aromatic nitrogens is 6. The van der Waals surface area contributed by atoms with Crippen LogP contribution >= 0.6 is 0 Å². The van der Waals surface area contributed by atoms with Crippen molar-refractivity contribution in [2.75, 3.05) is 76.6 Å². The molecule has 0 bridgehead atoms. The van der Waals surface area contributed by atoms with Crippen LogP contribution in [0, 0.1) is 0 Å². The fraction of sp³-hybridized carbons (Fsp3) is 0.561. The first-order valence-corrected chi connectivity index (χ1v) is 21.0. The Balaban J connectivity index is 0.701. The van der Waals surface area contributed by atoms with Crippen molar-refractivity contribution in [3.63, 3.8) is 0 Å². The average Bonchev–Trinajstić information content (AvgIpc) is 3.94. The van der Waals surface area contributed by atoms with Gasteiger partial charge in [0.2, 0.25) is 17.8 Å². The summed E-state index contributed by atoms with van der Waals surface area (Å²) in [6, 6.07) is 5.11. The number of nitrogens with one attached hydrogen (secondary N) is 3. The maximum Gasteiger partial charge on any atom is 0.262 e. The zero-order valence-corrected chi connectivity index (χ0v) is 34.0. The van der Waals surface area contributed by atoms with Crippen LogP contribution in [0.15, 0.2) is 36.8 Å². The molecule has 1 unspecified atom stereocenters. The lowest BCUT2D eigenvalue weighted by Gasteiger charge is -2.39. The first kappa shape index (κ1) is 41.4. The molecule has 1 atom stereocenters. The summed E-state index contributed by atoms with van der Waals surface area (Å²) in [7, 11) is 1.91. The van der Waals surface area contributed by atoms with Gasteiger partial charge in [-0.15, -0.1) is 0 Å². The minimum absolute atomic E-state index is 0.0801. The fourth-order valence-electron chi connectivity index (χ4n) is 8.50. The number of nitrogens with zero attached hydrogens (tertiary/aromatic N) is 8. The number of rotatable bonds is 19. The second-order valence-corrected chi connectivity index (χ2v) is 15.5. The quantitative estimate of drug-likeness (QED) is 0.0917. The highest BCUT2D eigenvalue weighted by Crippen LogP contribution is 2.31. The normalized spacial score (nSPS) is 21.1. The summed E-state index contributed by atoms with van der Waals surface area (Å²) in [5, 5.41) is 18.2. The van der Waals surface area contributed by atoms with Crippen molar-refractivity contribution >= 4 is 52.1 Å². The number of amides is 4. The lowest BCUT2D eigenvalue weighted by molar-refractivity contribution is -0.136. The van der Waals surface area contributed by atoms with Crippen molar-refractivity contribution in [1.82, 2.24) is 44.6 Å². The van der Waals surface area contributed by atoms with Gasteiger partial charge >= 0.3 is 0 Å². The van der Waals surface area contributed by atoms with Gasteiger partial charge in [-0.3, -0.25) is 43.7 Å². The largest absolute Gasteiger partial charge is 0.379 e. The Bertz CT molecular complexity index is 2160. The summed E-state index contributed by atoms with van der Waals surface area (Å²) in [5.74, 6) is -0.775. The van der Waals surface area contributed by atoms with Crippen LogP contribution in [0.4, 0.5) is 17.5 Å². The van der Waals surface area contributed by atoms with Gasteiger partial charge in [-0.1, -0.05) is 12.1 Å². The number of piperidine rings is 1. The van der Waals surface area contributed by atoms with Gasteiger partial charge in [-0.2, -0.15) is 15.2 Å². The van der Waals surface area contributed by atoms with Crippen molar-refractivity contribution in [3.8, 4) is 0 Å². The third-order valence-corrected chi connectivity index (χ3v) is 11.6. The molecular weight excluding hydrogens is 775 g/mol. The Labute approximate surface area is 347 Å². The van der Waals surface area contributed by atoms with E-state index in [1.54, 1.807) is 29.2 Å². The van der Waals surface area contributed by atoms with Gasteiger partial charge in [0.25, 0.3) is 11.8 Å². The summed E-state index contributed by atoms with van der Waals surface area (Å²) >= 11 is 0. The van der Waals surface area contributed by atoms with Crippen molar-refractivity contribution in [2.45, 2.75) is 76.0 Å². The Morgan fingerprint density at radius 3 is 2.42 bits per heavy atom. The highest BCUT2D eigenvalue weighted by atomic mass is 16.5. The first-order valence-electron chi connectivity index (χ1n) is 21.0. The predicted molar refractivity (Wildman–Crippen MR) is 218 cm³/mol. The number of ether oxygens (including phenoxy) is 4. The third-order valence-electron chi connectivity index (χ3n) is 11.6. The summed E-state index contributed by atoms with van der Waals surface area (Å²) < 4.78 is 26.3. The molecule has 3 aromatic heterocycles. The van der Waals surface area contributed by atoms with E-state index in [0.29, 0.717) is 82.6 Å². The van der Waals surface area contributed by atoms with Crippen LogP contribution in [0.3, 0.4) is 0 Å². The number of carbonyl (C=O) groups is 4. The fourth-order valence-corrected chi connectivity index (χ4v) is 8.50. The van der Waals surface area contributed by atoms with E-state index >= 15 is 0 Å². The number of carbonyl (C=O) groups excluding carboxylic acids is 4. The van der Waals surface area contributed by atoms with Gasteiger partial charge in [0.1, 0.15) is 17.1 Å². The minimum Gasteiger partial charge on any atom is -0.379 e. The summed E-state index contributed by atoms with van der Waals surface area (Å²) in [4.78, 5) is 63.5. The van der Waals surface area contributed by atoms with Crippen LogP contribution in [0.1, 0.15) is 71.2 Å². The van der Waals surface area contributed by atoms with Crippen LogP contribution in [-0.4, -0.2) is 147 Å². The molecule has 60 heavy (non-hydrogen) atoms. The van der Waals surface area contributed by atoms with Gasteiger partial charge in [0.15, 0.2) is 5.82 Å². The van der Waals surface area contributed by atoms with E-state index < -0.39 is 29.7 Å². The molecule has 3 fully saturated rings. The highest BCUT2D eigenvalue weighted by Gasteiger charge is 2.45. The van der Waals surface area contributed by atoms with Crippen molar-refractivity contribution in [2.24, 2.45) is 7.05 Å². The summed E-state index contributed by atoms with van der Waals surface area (Å²) in [5.41, 5.74) is 3.75. The van der Waals surface area contributed by atoms with E-state index in [1.165, 1.54) is 0 Å². The number of benzene rings is 1. The summed E-state index contributed by atoms with van der Waals surface area (Å²) in [6.07, 6.45) is 11.2. The molecule has 19 heteroatoms. The van der Waals surface area contributed by atoms with Crippen LogP contribution in [0.2, 0.25) is 0 Å². The molecule has 4 aliphatic rings. The van der Waals surface area contributed by atoms with Crippen molar-refractivity contribution in [1.29, 1.82) is 0 Å². The maximum absolute atomic E-state index is 13.3. The molecular formula is C41H53N11O8. The van der Waals surface area contributed by atoms with Gasteiger partial charge in [0, 0.05) is 51.4 Å². The highest BCUT2D eigenvalue weighted by molar-refractivity contribution is 6.24. The smallest absolute Gasteiger partial charge is 0.262 e. The van der Waals surface area contributed by atoms with Gasteiger partial charge in [-0.25, -0.2) is 4.98 Å². The van der Waals surface area contributed by atoms with Crippen LogP contribution < -0.4 is 16.0 Å². The van der Waals surface area contributed by atoms with Crippen LogP contribution in [-0.2, 0) is 48.5 Å². The molecule has 0 radical (unpaired) electrons. The van der Waals surface area contributed by atoms with E-state index in [4.69, 9.17) is 28.9 Å². The Morgan fingerprint density at radius 1 is 0.867 bits per heavy atom. The molecule has 1 aliphatic carbocycles. The minimum atomic E-state index is -0.987. The molecule has 19 nitrogen and oxygen atoms in total.